The molecule has 0 aliphatic heterocycles. The van der Waals surface area contributed by atoms with E-state index in [0.29, 0.717) is 16.6 Å². The van der Waals surface area contributed by atoms with Gasteiger partial charge in [-0.05, 0) is 31.9 Å². The number of aromatic nitrogens is 2. The van der Waals surface area contributed by atoms with Gasteiger partial charge < -0.3 is 5.32 Å². The highest BCUT2D eigenvalue weighted by Gasteiger charge is 2.16. The second-order valence-corrected chi connectivity index (χ2v) is 5.65. The fourth-order valence-electron chi connectivity index (χ4n) is 2.09. The van der Waals surface area contributed by atoms with E-state index in [1.54, 1.807) is 13.0 Å². The Balaban J connectivity index is 2.07. The minimum atomic E-state index is -0.106. The van der Waals surface area contributed by atoms with Crippen LogP contribution in [0, 0.1) is 13.8 Å². The number of nitrogens with one attached hydrogen (secondary N) is 1. The largest absolute Gasteiger partial charge is 0.348 e. The number of hydrogen-bond acceptors (Lipinski definition) is 3. The van der Waals surface area contributed by atoms with Crippen LogP contribution in [-0.4, -0.2) is 27.5 Å². The first kappa shape index (κ1) is 15.6. The lowest BCUT2D eigenvalue weighted by molar-refractivity contribution is 0.0939. The zero-order valence-electron chi connectivity index (χ0n) is 12.1. The van der Waals surface area contributed by atoms with Crippen molar-refractivity contribution in [3.05, 3.63) is 58.9 Å². The average molecular weight is 348 g/mol. The van der Waals surface area contributed by atoms with Crippen LogP contribution in [0.15, 0.2) is 36.4 Å². The molecule has 2 rings (SSSR count). The fourth-order valence-corrected chi connectivity index (χ4v) is 2.48. The van der Waals surface area contributed by atoms with E-state index in [1.165, 1.54) is 5.56 Å². The summed E-state index contributed by atoms with van der Waals surface area (Å²) in [4.78, 5) is 12.4. The molecule has 1 aromatic heterocycles. The summed E-state index contributed by atoms with van der Waals surface area (Å²) in [5.41, 5.74) is 3.17. The van der Waals surface area contributed by atoms with Gasteiger partial charge in [0.2, 0.25) is 0 Å². The van der Waals surface area contributed by atoms with E-state index in [9.17, 15) is 4.79 Å². The number of hydrogen-bond donors (Lipinski definition) is 1. The number of rotatable bonds is 5. The highest BCUT2D eigenvalue weighted by molar-refractivity contribution is 9.09. The second-order valence-electron chi connectivity index (χ2n) is 5.00. The van der Waals surface area contributed by atoms with Crippen molar-refractivity contribution in [2.75, 3.05) is 5.33 Å². The maximum atomic E-state index is 12.4. The smallest absolute Gasteiger partial charge is 0.253 e. The van der Waals surface area contributed by atoms with Gasteiger partial charge in [-0.25, -0.2) is 0 Å². The predicted molar refractivity (Wildman–Crippen MR) is 86.7 cm³/mol. The van der Waals surface area contributed by atoms with Crippen LogP contribution in [0.4, 0.5) is 0 Å². The van der Waals surface area contributed by atoms with Crippen molar-refractivity contribution >= 4 is 21.8 Å². The lowest BCUT2D eigenvalue weighted by Gasteiger charge is -2.17. The number of carbonyl (C=O) groups excluding carboxylic acids is 1. The van der Waals surface area contributed by atoms with Crippen molar-refractivity contribution in [1.29, 1.82) is 0 Å². The normalized spacial score (nSPS) is 12.0. The Bertz CT molecular complexity index is 616. The van der Waals surface area contributed by atoms with Crippen LogP contribution >= 0.6 is 15.9 Å². The molecule has 1 amide bonds. The van der Waals surface area contributed by atoms with Crippen molar-refractivity contribution in [3.63, 3.8) is 0 Å². The zero-order chi connectivity index (χ0) is 15.2. The Hall–Kier alpha value is -1.75. The SMILES string of the molecule is Cc1cc(C(=O)NC(CBr)Cc2ccccc2)c(C)nn1. The van der Waals surface area contributed by atoms with Gasteiger partial charge in [0.1, 0.15) is 0 Å². The molecule has 5 heteroatoms. The fraction of sp³-hybridized carbons (Fsp3) is 0.312. The molecular formula is C16H18BrN3O. The predicted octanol–water partition coefficient (Wildman–Crippen LogP) is 2.83. The third-order valence-corrected chi connectivity index (χ3v) is 3.97. The number of halogens is 1. The summed E-state index contributed by atoms with van der Waals surface area (Å²) >= 11 is 3.46. The van der Waals surface area contributed by atoms with Crippen LogP contribution in [-0.2, 0) is 6.42 Å². The van der Waals surface area contributed by atoms with E-state index >= 15 is 0 Å². The molecular weight excluding hydrogens is 330 g/mol. The average Bonchev–Trinajstić information content (AvgIpc) is 2.50. The summed E-state index contributed by atoms with van der Waals surface area (Å²) in [6.45, 7) is 3.62. The van der Waals surface area contributed by atoms with Crippen molar-refractivity contribution in [2.24, 2.45) is 0 Å². The number of nitrogens with zero attached hydrogens (tertiary/aromatic N) is 2. The molecule has 0 saturated heterocycles. The van der Waals surface area contributed by atoms with Gasteiger partial charge in [0, 0.05) is 11.4 Å². The first-order chi connectivity index (χ1) is 10.1. The Kier molecular flexibility index (Phi) is 5.44. The zero-order valence-corrected chi connectivity index (χ0v) is 13.7. The molecule has 0 aliphatic rings. The minimum Gasteiger partial charge on any atom is -0.348 e. The Labute approximate surface area is 133 Å². The van der Waals surface area contributed by atoms with Crippen LogP contribution in [0.1, 0.15) is 27.3 Å². The van der Waals surface area contributed by atoms with Crippen LogP contribution < -0.4 is 5.32 Å². The van der Waals surface area contributed by atoms with Gasteiger partial charge in [-0.2, -0.15) is 10.2 Å². The van der Waals surface area contributed by atoms with Gasteiger partial charge in [-0.3, -0.25) is 4.79 Å². The molecule has 0 bridgehead atoms. The van der Waals surface area contributed by atoms with Crippen LogP contribution in [0.5, 0.6) is 0 Å². The van der Waals surface area contributed by atoms with Crippen molar-refractivity contribution in [3.8, 4) is 0 Å². The van der Waals surface area contributed by atoms with Crippen molar-refractivity contribution in [2.45, 2.75) is 26.3 Å². The lowest BCUT2D eigenvalue weighted by Crippen LogP contribution is -2.38. The standard InChI is InChI=1S/C16H18BrN3O/c1-11-8-15(12(2)20-19-11)16(21)18-14(10-17)9-13-6-4-3-5-7-13/h3-8,14H,9-10H2,1-2H3,(H,18,21). The van der Waals surface area contributed by atoms with Crippen molar-refractivity contribution in [1.82, 2.24) is 15.5 Å². The minimum absolute atomic E-state index is 0.0350. The molecule has 1 N–H and O–H groups in total. The molecule has 110 valence electrons. The Morgan fingerprint density at radius 2 is 1.95 bits per heavy atom. The van der Waals surface area contributed by atoms with Crippen LogP contribution in [0.3, 0.4) is 0 Å². The van der Waals surface area contributed by atoms with Gasteiger partial charge in [0.25, 0.3) is 5.91 Å². The summed E-state index contributed by atoms with van der Waals surface area (Å²) in [5, 5.41) is 11.7. The Morgan fingerprint density at radius 3 is 2.62 bits per heavy atom. The molecule has 1 atom stereocenters. The van der Waals surface area contributed by atoms with Gasteiger partial charge in [-0.1, -0.05) is 46.3 Å². The maximum absolute atomic E-state index is 12.4. The maximum Gasteiger partial charge on any atom is 0.253 e. The summed E-state index contributed by atoms with van der Waals surface area (Å²) < 4.78 is 0. The molecule has 1 unspecified atom stereocenters. The molecule has 0 aliphatic carbocycles. The molecule has 2 aromatic rings. The van der Waals surface area contributed by atoms with E-state index in [-0.39, 0.29) is 11.9 Å². The molecule has 0 saturated carbocycles. The number of benzene rings is 1. The third kappa shape index (κ3) is 4.36. The molecule has 21 heavy (non-hydrogen) atoms. The van der Waals surface area contributed by atoms with E-state index < -0.39 is 0 Å². The summed E-state index contributed by atoms with van der Waals surface area (Å²) in [7, 11) is 0. The van der Waals surface area contributed by atoms with E-state index in [0.717, 1.165) is 12.1 Å². The van der Waals surface area contributed by atoms with E-state index in [4.69, 9.17) is 0 Å². The Morgan fingerprint density at radius 1 is 1.24 bits per heavy atom. The highest BCUT2D eigenvalue weighted by Crippen LogP contribution is 2.09. The molecule has 0 spiro atoms. The number of carbonyl (C=O) groups is 1. The quantitative estimate of drug-likeness (QED) is 0.846. The summed E-state index contributed by atoms with van der Waals surface area (Å²) in [6.07, 6.45) is 0.786. The summed E-state index contributed by atoms with van der Waals surface area (Å²) in [5.74, 6) is -0.106. The summed E-state index contributed by atoms with van der Waals surface area (Å²) in [6, 6.07) is 11.9. The topological polar surface area (TPSA) is 54.9 Å². The monoisotopic (exact) mass is 347 g/mol. The molecule has 0 fully saturated rings. The van der Waals surface area contributed by atoms with Crippen LogP contribution in [0.2, 0.25) is 0 Å². The molecule has 4 nitrogen and oxygen atoms in total. The highest BCUT2D eigenvalue weighted by atomic mass is 79.9. The molecule has 1 heterocycles. The molecule has 1 aromatic carbocycles. The van der Waals surface area contributed by atoms with Gasteiger partial charge in [0.15, 0.2) is 0 Å². The van der Waals surface area contributed by atoms with E-state index in [2.05, 4.69) is 43.6 Å². The lowest BCUT2D eigenvalue weighted by atomic mass is 10.1. The molecule has 0 radical (unpaired) electrons. The second kappa shape index (κ2) is 7.31. The third-order valence-electron chi connectivity index (χ3n) is 3.19. The number of amides is 1. The van der Waals surface area contributed by atoms with Gasteiger partial charge in [0.05, 0.1) is 17.0 Å². The number of alkyl halides is 1. The first-order valence-corrected chi connectivity index (χ1v) is 7.94. The van der Waals surface area contributed by atoms with Crippen LogP contribution in [0.25, 0.3) is 0 Å². The first-order valence-electron chi connectivity index (χ1n) is 6.82. The number of aryl methyl sites for hydroxylation is 2. The van der Waals surface area contributed by atoms with Gasteiger partial charge in [-0.15, -0.1) is 0 Å². The van der Waals surface area contributed by atoms with E-state index in [1.807, 2.05) is 25.1 Å². The van der Waals surface area contributed by atoms with Gasteiger partial charge >= 0.3 is 0 Å². The van der Waals surface area contributed by atoms with Crippen molar-refractivity contribution < 1.29 is 4.79 Å².